The van der Waals surface area contributed by atoms with Crippen LogP contribution in [0.5, 0.6) is 5.75 Å². The monoisotopic (exact) mass is 294 g/mol. The maximum absolute atomic E-state index is 9.36. The molecule has 0 aliphatic carbocycles. The Hall–Kier alpha value is -2.51. The van der Waals surface area contributed by atoms with Gasteiger partial charge in [0.1, 0.15) is 12.3 Å². The largest absolute Gasteiger partial charge is 0.508 e. The third kappa shape index (κ3) is 3.21. The number of phenols is 1. The molecule has 1 aliphatic heterocycles. The van der Waals surface area contributed by atoms with E-state index in [-0.39, 0.29) is 0 Å². The zero-order valence-electron chi connectivity index (χ0n) is 12.5. The molecule has 1 heterocycles. The molecule has 0 saturated carbocycles. The van der Waals surface area contributed by atoms with Crippen molar-refractivity contribution in [3.63, 3.8) is 0 Å². The van der Waals surface area contributed by atoms with Gasteiger partial charge in [-0.15, -0.1) is 0 Å². The fourth-order valence-electron chi connectivity index (χ4n) is 2.97. The van der Waals surface area contributed by atoms with Crippen molar-refractivity contribution in [1.82, 2.24) is 0 Å². The molecule has 0 aromatic heterocycles. The van der Waals surface area contributed by atoms with Gasteiger partial charge in [-0.2, -0.15) is 5.26 Å². The zero-order chi connectivity index (χ0) is 15.4. The van der Waals surface area contributed by atoms with Crippen LogP contribution >= 0.6 is 0 Å². The number of piperazine rings is 1. The molecule has 2 N–H and O–H groups in total. The molecule has 0 bridgehead atoms. The van der Waals surface area contributed by atoms with E-state index in [1.54, 1.807) is 12.1 Å². The van der Waals surface area contributed by atoms with Crippen molar-refractivity contribution in [2.45, 2.75) is 6.54 Å². The Morgan fingerprint density at radius 1 is 1.05 bits per heavy atom. The normalized spacial score (nSPS) is 15.5. The summed E-state index contributed by atoms with van der Waals surface area (Å²) in [5, 5.41) is 18.5. The van der Waals surface area contributed by atoms with Gasteiger partial charge in [0.2, 0.25) is 0 Å². The Kier molecular flexibility index (Phi) is 4.27. The number of nitriles is 1. The molecule has 112 valence electrons. The summed E-state index contributed by atoms with van der Waals surface area (Å²) < 4.78 is 0. The van der Waals surface area contributed by atoms with Crippen molar-refractivity contribution < 1.29 is 10.0 Å². The number of nitrogens with zero attached hydrogens (tertiary/aromatic N) is 2. The maximum atomic E-state index is 9.36. The first-order chi connectivity index (χ1) is 10.8. The molecule has 2 aromatic carbocycles. The second-order valence-electron chi connectivity index (χ2n) is 5.70. The van der Waals surface area contributed by atoms with Gasteiger partial charge in [0.05, 0.1) is 37.8 Å². The van der Waals surface area contributed by atoms with E-state index in [9.17, 15) is 10.4 Å². The molecule has 3 rings (SSSR count). The van der Waals surface area contributed by atoms with E-state index in [0.29, 0.717) is 5.75 Å². The Balaban J connectivity index is 1.60. The lowest BCUT2D eigenvalue weighted by Gasteiger charge is -2.33. The first-order valence-electron chi connectivity index (χ1n) is 7.62. The molecule has 22 heavy (non-hydrogen) atoms. The molecule has 1 saturated heterocycles. The Bertz CT molecular complexity index is 667. The van der Waals surface area contributed by atoms with Gasteiger partial charge in [0.15, 0.2) is 0 Å². The van der Waals surface area contributed by atoms with Crippen molar-refractivity contribution >= 4 is 5.69 Å². The summed E-state index contributed by atoms with van der Waals surface area (Å²) in [4.78, 5) is 3.86. The fourth-order valence-corrected chi connectivity index (χ4v) is 2.97. The summed E-state index contributed by atoms with van der Waals surface area (Å²) in [5.41, 5.74) is 3.09. The Morgan fingerprint density at radius 2 is 1.73 bits per heavy atom. The van der Waals surface area contributed by atoms with E-state index in [1.165, 1.54) is 4.90 Å². The molecule has 4 nitrogen and oxygen atoms in total. The van der Waals surface area contributed by atoms with Crippen LogP contribution in [0.1, 0.15) is 11.1 Å². The first kappa shape index (κ1) is 14.4. The zero-order valence-corrected chi connectivity index (χ0v) is 12.5. The predicted molar refractivity (Wildman–Crippen MR) is 85.9 cm³/mol. The number of aromatic hydroxyl groups is 1. The molecule has 0 atom stereocenters. The van der Waals surface area contributed by atoms with E-state index in [2.05, 4.69) is 17.0 Å². The summed E-state index contributed by atoms with van der Waals surface area (Å²) in [6.45, 7) is 5.01. The molecule has 1 aliphatic rings. The van der Waals surface area contributed by atoms with Crippen molar-refractivity contribution in [2.24, 2.45) is 0 Å². The number of quaternary nitrogens is 1. The Labute approximate surface area is 130 Å². The molecule has 1 fully saturated rings. The highest BCUT2D eigenvalue weighted by Crippen LogP contribution is 2.18. The number of benzene rings is 2. The van der Waals surface area contributed by atoms with Crippen LogP contribution in [0.2, 0.25) is 0 Å². The summed E-state index contributed by atoms with van der Waals surface area (Å²) in [6, 6.07) is 17.5. The molecular weight excluding hydrogens is 274 g/mol. The SMILES string of the molecule is N#Cc1ccccc1C[NH+]1CCN(c2ccc(O)cc2)CC1. The lowest BCUT2D eigenvalue weighted by atomic mass is 10.1. The first-order valence-corrected chi connectivity index (χ1v) is 7.62. The highest BCUT2D eigenvalue weighted by Gasteiger charge is 2.21. The van der Waals surface area contributed by atoms with Crippen LogP contribution in [0.25, 0.3) is 0 Å². The quantitative estimate of drug-likeness (QED) is 0.893. The summed E-state index contributed by atoms with van der Waals surface area (Å²) in [6.07, 6.45) is 0. The number of anilines is 1. The van der Waals surface area contributed by atoms with Crippen LogP contribution in [0.3, 0.4) is 0 Å². The van der Waals surface area contributed by atoms with Gasteiger partial charge >= 0.3 is 0 Å². The van der Waals surface area contributed by atoms with Crippen LogP contribution in [0.4, 0.5) is 5.69 Å². The highest BCUT2D eigenvalue weighted by molar-refractivity contribution is 5.48. The van der Waals surface area contributed by atoms with E-state index >= 15 is 0 Å². The van der Waals surface area contributed by atoms with Crippen molar-refractivity contribution in [2.75, 3.05) is 31.1 Å². The third-order valence-electron chi connectivity index (χ3n) is 4.26. The molecular formula is C18H20N3O+. The lowest BCUT2D eigenvalue weighted by molar-refractivity contribution is -0.914. The van der Waals surface area contributed by atoms with E-state index in [0.717, 1.165) is 49.5 Å². The van der Waals surface area contributed by atoms with Crippen LogP contribution in [-0.2, 0) is 6.54 Å². The average molecular weight is 294 g/mol. The van der Waals surface area contributed by atoms with Gasteiger partial charge in [0, 0.05) is 11.3 Å². The second kappa shape index (κ2) is 6.50. The number of rotatable bonds is 3. The van der Waals surface area contributed by atoms with Gasteiger partial charge < -0.3 is 14.9 Å². The number of nitrogens with one attached hydrogen (secondary N) is 1. The minimum Gasteiger partial charge on any atom is -0.508 e. The van der Waals surface area contributed by atoms with Crippen molar-refractivity contribution in [3.05, 3.63) is 59.7 Å². The minimum absolute atomic E-state index is 0.307. The molecule has 0 radical (unpaired) electrons. The lowest BCUT2D eigenvalue weighted by Crippen LogP contribution is -3.13. The van der Waals surface area contributed by atoms with Crippen molar-refractivity contribution in [1.29, 1.82) is 5.26 Å². The standard InChI is InChI=1S/C18H19N3O/c19-13-15-3-1-2-4-16(15)14-20-9-11-21(12-10-20)17-5-7-18(22)8-6-17/h1-8,22H,9-12,14H2/p+1. The van der Waals surface area contributed by atoms with Crippen LogP contribution in [0.15, 0.2) is 48.5 Å². The summed E-state index contributed by atoms with van der Waals surface area (Å²) in [7, 11) is 0. The van der Waals surface area contributed by atoms with E-state index < -0.39 is 0 Å². The number of hydrogen-bond donors (Lipinski definition) is 2. The molecule has 0 spiro atoms. The van der Waals surface area contributed by atoms with Crippen LogP contribution in [-0.4, -0.2) is 31.3 Å². The second-order valence-corrected chi connectivity index (χ2v) is 5.70. The van der Waals surface area contributed by atoms with Gasteiger partial charge in [0.25, 0.3) is 0 Å². The van der Waals surface area contributed by atoms with Gasteiger partial charge in [-0.3, -0.25) is 0 Å². The van der Waals surface area contributed by atoms with Crippen LogP contribution in [0, 0.1) is 11.3 Å². The minimum atomic E-state index is 0.307. The van der Waals surface area contributed by atoms with Gasteiger partial charge in [-0.25, -0.2) is 0 Å². The number of phenolic OH excluding ortho intramolecular Hbond substituents is 1. The Morgan fingerprint density at radius 3 is 2.41 bits per heavy atom. The highest BCUT2D eigenvalue weighted by atomic mass is 16.3. The molecule has 0 unspecified atom stereocenters. The molecule has 2 aromatic rings. The van der Waals surface area contributed by atoms with Gasteiger partial charge in [-0.05, 0) is 30.3 Å². The van der Waals surface area contributed by atoms with Gasteiger partial charge in [-0.1, -0.05) is 18.2 Å². The predicted octanol–water partition coefficient (Wildman–Crippen LogP) is 1.17. The van der Waals surface area contributed by atoms with E-state index in [4.69, 9.17) is 0 Å². The van der Waals surface area contributed by atoms with Crippen molar-refractivity contribution in [3.8, 4) is 11.8 Å². The summed E-state index contributed by atoms with van der Waals surface area (Å²) in [5.74, 6) is 0.307. The van der Waals surface area contributed by atoms with E-state index in [1.807, 2.05) is 30.3 Å². The molecule has 4 heteroatoms. The maximum Gasteiger partial charge on any atom is 0.115 e. The molecule has 0 amide bonds. The number of hydrogen-bond acceptors (Lipinski definition) is 3. The summed E-state index contributed by atoms with van der Waals surface area (Å²) >= 11 is 0. The smallest absolute Gasteiger partial charge is 0.115 e. The average Bonchev–Trinajstić information content (AvgIpc) is 2.57. The van der Waals surface area contributed by atoms with Crippen LogP contribution < -0.4 is 9.80 Å². The topological polar surface area (TPSA) is 51.7 Å². The third-order valence-corrected chi connectivity index (χ3v) is 4.26. The fraction of sp³-hybridized carbons (Fsp3) is 0.278.